The Bertz CT molecular complexity index is 903. The van der Waals surface area contributed by atoms with Crippen molar-refractivity contribution in [3.05, 3.63) is 60.2 Å². The molecule has 0 aliphatic carbocycles. The van der Waals surface area contributed by atoms with Gasteiger partial charge in [-0.25, -0.2) is 0 Å². The number of fused-ring (bicyclic) bond motifs is 1. The molecule has 1 N–H and O–H groups in total. The van der Waals surface area contributed by atoms with E-state index in [4.69, 9.17) is 4.74 Å². The lowest BCUT2D eigenvalue weighted by Gasteiger charge is -2.17. The first-order valence-corrected chi connectivity index (χ1v) is 9.14. The summed E-state index contributed by atoms with van der Waals surface area (Å²) in [5, 5.41) is 9.52. The molecular weight excluding hydrogens is 340 g/mol. The Balaban J connectivity index is 1.52. The standard InChI is InChI=1S/C22H22N2O3/c1-2-22(26)24-8-7-15(13-24)14-27-21-10-17(9-18-11-23-12-20(18)21)16-3-5-19(25)6-4-16/h2-6,9-10,12,15,25H,1,7-8,11,13-14H2/t15-/m0/s1. The topological polar surface area (TPSA) is 62.1 Å². The number of aromatic hydroxyl groups is 1. The highest BCUT2D eigenvalue weighted by atomic mass is 16.5. The van der Waals surface area contributed by atoms with Crippen LogP contribution in [0.3, 0.4) is 0 Å². The Morgan fingerprint density at radius 1 is 1.30 bits per heavy atom. The van der Waals surface area contributed by atoms with E-state index >= 15 is 0 Å². The van der Waals surface area contributed by atoms with Crippen LogP contribution in [0.4, 0.5) is 0 Å². The van der Waals surface area contributed by atoms with Gasteiger partial charge in [0, 0.05) is 30.8 Å². The van der Waals surface area contributed by atoms with Crippen molar-refractivity contribution in [3.63, 3.8) is 0 Å². The first-order valence-electron chi connectivity index (χ1n) is 9.14. The third-order valence-corrected chi connectivity index (χ3v) is 5.16. The number of phenols is 1. The lowest BCUT2D eigenvalue weighted by atomic mass is 9.99. The molecule has 1 fully saturated rings. The summed E-state index contributed by atoms with van der Waals surface area (Å²) < 4.78 is 6.18. The fraction of sp³-hybridized carbons (Fsp3) is 0.273. The summed E-state index contributed by atoms with van der Waals surface area (Å²) in [4.78, 5) is 17.9. The van der Waals surface area contributed by atoms with Gasteiger partial charge in [-0.05, 0) is 53.5 Å². The van der Waals surface area contributed by atoms with E-state index in [-0.39, 0.29) is 11.7 Å². The van der Waals surface area contributed by atoms with Crippen molar-refractivity contribution in [3.8, 4) is 22.6 Å². The van der Waals surface area contributed by atoms with Crippen LogP contribution in [-0.4, -0.2) is 41.8 Å². The zero-order valence-corrected chi connectivity index (χ0v) is 15.1. The summed E-state index contributed by atoms with van der Waals surface area (Å²) in [6.45, 7) is 6.24. The molecule has 27 heavy (non-hydrogen) atoms. The number of carbonyl (C=O) groups excluding carboxylic acids is 1. The summed E-state index contributed by atoms with van der Waals surface area (Å²) >= 11 is 0. The third-order valence-electron chi connectivity index (χ3n) is 5.16. The molecule has 0 aromatic heterocycles. The molecule has 0 radical (unpaired) electrons. The van der Waals surface area contributed by atoms with Crippen LogP contribution in [0.15, 0.2) is 54.0 Å². The number of hydrogen-bond donors (Lipinski definition) is 1. The molecule has 2 aromatic carbocycles. The van der Waals surface area contributed by atoms with Gasteiger partial charge in [-0.2, -0.15) is 0 Å². The maximum absolute atomic E-state index is 11.7. The molecule has 1 saturated heterocycles. The molecule has 0 saturated carbocycles. The lowest BCUT2D eigenvalue weighted by Crippen LogP contribution is -2.27. The van der Waals surface area contributed by atoms with Crippen LogP contribution in [0.2, 0.25) is 0 Å². The number of phenolic OH excluding ortho intramolecular Hbond substituents is 1. The molecule has 0 spiro atoms. The number of ether oxygens (including phenoxy) is 1. The Morgan fingerprint density at radius 2 is 2.11 bits per heavy atom. The first-order chi connectivity index (χ1) is 13.1. The molecule has 2 aliphatic rings. The van der Waals surface area contributed by atoms with Gasteiger partial charge in [-0.1, -0.05) is 18.7 Å². The Kier molecular flexibility index (Phi) is 4.67. The van der Waals surface area contributed by atoms with Gasteiger partial charge in [0.05, 0.1) is 13.2 Å². The van der Waals surface area contributed by atoms with Crippen LogP contribution < -0.4 is 4.74 Å². The molecule has 1 amide bonds. The SMILES string of the molecule is C=CC(=O)N1CC[C@H](COc2cc(-c3ccc(O)cc3)cc3c2C=NC3)C1. The van der Waals surface area contributed by atoms with Gasteiger partial charge in [-0.3, -0.25) is 9.79 Å². The van der Waals surface area contributed by atoms with Crippen molar-refractivity contribution in [2.24, 2.45) is 10.9 Å². The van der Waals surface area contributed by atoms with Gasteiger partial charge in [0.15, 0.2) is 0 Å². The largest absolute Gasteiger partial charge is 0.508 e. The zero-order chi connectivity index (χ0) is 18.8. The molecule has 1 atom stereocenters. The normalized spacial score (nSPS) is 17.8. The molecule has 2 aromatic rings. The van der Waals surface area contributed by atoms with E-state index in [1.54, 1.807) is 12.1 Å². The highest BCUT2D eigenvalue weighted by Crippen LogP contribution is 2.33. The summed E-state index contributed by atoms with van der Waals surface area (Å²) in [6.07, 6.45) is 4.18. The van der Waals surface area contributed by atoms with Gasteiger partial charge in [0.2, 0.25) is 5.91 Å². The van der Waals surface area contributed by atoms with Gasteiger partial charge in [-0.15, -0.1) is 0 Å². The molecule has 4 rings (SSSR count). The average molecular weight is 362 g/mol. The van der Waals surface area contributed by atoms with Crippen molar-refractivity contribution in [2.75, 3.05) is 19.7 Å². The quantitative estimate of drug-likeness (QED) is 0.829. The molecule has 2 heterocycles. The maximum atomic E-state index is 11.7. The summed E-state index contributed by atoms with van der Waals surface area (Å²) in [7, 11) is 0. The fourth-order valence-electron chi connectivity index (χ4n) is 3.64. The van der Waals surface area contributed by atoms with Crippen molar-refractivity contribution in [1.82, 2.24) is 4.90 Å². The fourth-order valence-corrected chi connectivity index (χ4v) is 3.64. The summed E-state index contributed by atoms with van der Waals surface area (Å²) in [5.41, 5.74) is 4.25. The van der Waals surface area contributed by atoms with Crippen molar-refractivity contribution in [1.29, 1.82) is 0 Å². The van der Waals surface area contributed by atoms with E-state index < -0.39 is 0 Å². The van der Waals surface area contributed by atoms with E-state index in [2.05, 4.69) is 17.6 Å². The molecule has 5 nitrogen and oxygen atoms in total. The number of carbonyl (C=O) groups is 1. The van der Waals surface area contributed by atoms with E-state index in [0.29, 0.717) is 25.6 Å². The van der Waals surface area contributed by atoms with Crippen LogP contribution in [0.5, 0.6) is 11.5 Å². The molecule has 138 valence electrons. The maximum Gasteiger partial charge on any atom is 0.245 e. The predicted octanol–water partition coefficient (Wildman–Crippen LogP) is 3.41. The Hall–Kier alpha value is -3.08. The zero-order valence-electron chi connectivity index (χ0n) is 15.1. The second-order valence-electron chi connectivity index (χ2n) is 7.02. The van der Waals surface area contributed by atoms with Crippen LogP contribution in [0.1, 0.15) is 17.5 Å². The molecular formula is C22H22N2O3. The van der Waals surface area contributed by atoms with Crippen LogP contribution in [0.25, 0.3) is 11.1 Å². The highest BCUT2D eigenvalue weighted by molar-refractivity contribution is 5.90. The van der Waals surface area contributed by atoms with Gasteiger partial charge >= 0.3 is 0 Å². The number of hydrogen-bond acceptors (Lipinski definition) is 4. The first kappa shape index (κ1) is 17.3. The molecule has 0 bridgehead atoms. The number of nitrogens with zero attached hydrogens (tertiary/aromatic N) is 2. The van der Waals surface area contributed by atoms with E-state index in [0.717, 1.165) is 41.0 Å². The van der Waals surface area contributed by atoms with Crippen LogP contribution in [-0.2, 0) is 11.3 Å². The second-order valence-corrected chi connectivity index (χ2v) is 7.02. The minimum atomic E-state index is -0.0140. The summed E-state index contributed by atoms with van der Waals surface area (Å²) in [5.74, 6) is 1.38. The smallest absolute Gasteiger partial charge is 0.245 e. The van der Waals surface area contributed by atoms with Gasteiger partial charge < -0.3 is 14.7 Å². The van der Waals surface area contributed by atoms with Gasteiger partial charge in [0.1, 0.15) is 11.5 Å². The van der Waals surface area contributed by atoms with E-state index in [1.165, 1.54) is 6.08 Å². The number of likely N-dealkylation sites (tertiary alicyclic amines) is 1. The highest BCUT2D eigenvalue weighted by Gasteiger charge is 2.26. The summed E-state index contributed by atoms with van der Waals surface area (Å²) in [6, 6.07) is 11.3. The average Bonchev–Trinajstić information content (AvgIpc) is 3.35. The molecule has 5 heteroatoms. The Labute approximate surface area is 158 Å². The van der Waals surface area contributed by atoms with Crippen molar-refractivity contribution < 1.29 is 14.6 Å². The van der Waals surface area contributed by atoms with Crippen LogP contribution >= 0.6 is 0 Å². The number of aliphatic imine (C=N–C) groups is 1. The third kappa shape index (κ3) is 3.58. The minimum Gasteiger partial charge on any atom is -0.508 e. The monoisotopic (exact) mass is 362 g/mol. The number of benzene rings is 2. The predicted molar refractivity (Wildman–Crippen MR) is 105 cm³/mol. The van der Waals surface area contributed by atoms with Crippen LogP contribution in [0, 0.1) is 5.92 Å². The number of rotatable bonds is 5. The van der Waals surface area contributed by atoms with Crippen molar-refractivity contribution >= 4 is 12.1 Å². The minimum absolute atomic E-state index is 0.0140. The van der Waals surface area contributed by atoms with E-state index in [1.807, 2.05) is 29.3 Å². The Morgan fingerprint density at radius 3 is 2.89 bits per heavy atom. The molecule has 0 unspecified atom stereocenters. The number of amides is 1. The van der Waals surface area contributed by atoms with E-state index in [9.17, 15) is 9.90 Å². The second kappa shape index (κ2) is 7.27. The van der Waals surface area contributed by atoms with Gasteiger partial charge in [0.25, 0.3) is 0 Å². The molecule has 2 aliphatic heterocycles. The van der Waals surface area contributed by atoms with Crippen molar-refractivity contribution in [2.45, 2.75) is 13.0 Å². The lowest BCUT2D eigenvalue weighted by molar-refractivity contribution is -0.125.